The van der Waals surface area contributed by atoms with Crippen molar-refractivity contribution in [2.45, 2.75) is 49.4 Å². The van der Waals surface area contributed by atoms with Gasteiger partial charge in [-0.3, -0.25) is 9.69 Å². The van der Waals surface area contributed by atoms with Crippen molar-refractivity contribution in [2.24, 2.45) is 0 Å². The Hall–Kier alpha value is -2.33. The number of aldehydes is 1. The van der Waals surface area contributed by atoms with Crippen LogP contribution < -0.4 is 4.72 Å². The lowest BCUT2D eigenvalue weighted by Crippen LogP contribution is -2.72. The van der Waals surface area contributed by atoms with E-state index in [4.69, 9.17) is 0 Å². The molecule has 0 aromatic heterocycles. The van der Waals surface area contributed by atoms with Crippen LogP contribution in [0.2, 0.25) is 0 Å². The van der Waals surface area contributed by atoms with E-state index >= 15 is 0 Å². The van der Waals surface area contributed by atoms with Gasteiger partial charge in [-0.2, -0.15) is 4.72 Å². The molecule has 1 heterocycles. The number of carbonyl (C=O) groups excluding carboxylic acids is 2. The first-order valence-electron chi connectivity index (χ1n) is 10.4. The molecule has 0 bridgehead atoms. The van der Waals surface area contributed by atoms with Gasteiger partial charge in [0.05, 0.1) is 4.90 Å². The number of benzene rings is 2. The van der Waals surface area contributed by atoms with Crippen molar-refractivity contribution in [3.63, 3.8) is 0 Å². The standard InChI is InChI=1S/C22H29N3O5S/c1-3-7-21(28)24(2)22(20(27)12-14-25(22)13-6-15-26)23-31(29,30)19-11-10-17-8-4-5-9-18(17)16-19/h4-5,8-11,15-16,20,23,27H,3,6-7,12-14H2,1-2H3. The molecule has 168 valence electrons. The van der Waals surface area contributed by atoms with Crippen LogP contribution >= 0.6 is 0 Å². The molecule has 1 amide bonds. The van der Waals surface area contributed by atoms with Gasteiger partial charge < -0.3 is 14.8 Å². The maximum atomic E-state index is 13.4. The molecule has 2 unspecified atom stereocenters. The van der Waals surface area contributed by atoms with Crippen LogP contribution in [0.5, 0.6) is 0 Å². The number of aliphatic hydroxyl groups excluding tert-OH is 1. The van der Waals surface area contributed by atoms with Crippen molar-refractivity contribution in [3.8, 4) is 0 Å². The minimum Gasteiger partial charge on any atom is -0.388 e. The summed E-state index contributed by atoms with van der Waals surface area (Å²) in [5.74, 6) is -1.96. The summed E-state index contributed by atoms with van der Waals surface area (Å²) >= 11 is 0. The fourth-order valence-electron chi connectivity index (χ4n) is 4.15. The first-order valence-corrected chi connectivity index (χ1v) is 11.9. The Balaban J connectivity index is 2.05. The first kappa shape index (κ1) is 23.3. The van der Waals surface area contributed by atoms with Crippen molar-refractivity contribution in [1.82, 2.24) is 14.5 Å². The van der Waals surface area contributed by atoms with E-state index in [-0.39, 0.29) is 36.6 Å². The fraction of sp³-hybridized carbons (Fsp3) is 0.455. The molecule has 2 atom stereocenters. The van der Waals surface area contributed by atoms with E-state index in [2.05, 4.69) is 4.72 Å². The zero-order valence-electron chi connectivity index (χ0n) is 17.8. The molecule has 0 aliphatic carbocycles. The summed E-state index contributed by atoms with van der Waals surface area (Å²) in [4.78, 5) is 26.7. The molecule has 31 heavy (non-hydrogen) atoms. The van der Waals surface area contributed by atoms with Crippen molar-refractivity contribution in [3.05, 3.63) is 42.5 Å². The lowest BCUT2D eigenvalue weighted by Gasteiger charge is -2.46. The van der Waals surface area contributed by atoms with Gasteiger partial charge in [-0.1, -0.05) is 37.3 Å². The zero-order chi connectivity index (χ0) is 22.6. The summed E-state index contributed by atoms with van der Waals surface area (Å²) in [6.45, 7) is 2.41. The third-order valence-corrected chi connectivity index (χ3v) is 7.24. The second-order valence-corrected chi connectivity index (χ2v) is 9.47. The van der Waals surface area contributed by atoms with Crippen LogP contribution in [0.3, 0.4) is 0 Å². The topological polar surface area (TPSA) is 107 Å². The number of rotatable bonds is 9. The van der Waals surface area contributed by atoms with Crippen LogP contribution in [-0.4, -0.2) is 67.5 Å². The Bertz CT molecular complexity index is 1060. The predicted octanol–water partition coefficient (Wildman–Crippen LogP) is 1.69. The molecule has 9 heteroatoms. The summed E-state index contributed by atoms with van der Waals surface area (Å²) in [6, 6.07) is 12.2. The summed E-state index contributed by atoms with van der Waals surface area (Å²) in [7, 11) is -2.62. The van der Waals surface area contributed by atoms with Gasteiger partial charge in [0.2, 0.25) is 15.9 Å². The molecule has 1 saturated heterocycles. The number of nitrogens with zero attached hydrogens (tertiary/aromatic N) is 2. The van der Waals surface area contributed by atoms with Crippen LogP contribution in [0.1, 0.15) is 32.6 Å². The molecule has 0 radical (unpaired) electrons. The molecule has 1 aliphatic rings. The second-order valence-electron chi connectivity index (χ2n) is 7.79. The highest BCUT2D eigenvalue weighted by atomic mass is 32.2. The van der Waals surface area contributed by atoms with E-state index < -0.39 is 21.9 Å². The number of hydrogen-bond acceptors (Lipinski definition) is 6. The van der Waals surface area contributed by atoms with E-state index in [9.17, 15) is 23.1 Å². The predicted molar refractivity (Wildman–Crippen MR) is 118 cm³/mol. The van der Waals surface area contributed by atoms with Crippen LogP contribution in [0, 0.1) is 0 Å². The molecular formula is C22H29N3O5S. The Morgan fingerprint density at radius 3 is 2.68 bits per heavy atom. The number of likely N-dealkylation sites (N-methyl/N-ethyl adjacent to an activating group) is 1. The molecule has 3 rings (SSSR count). The molecular weight excluding hydrogens is 418 g/mol. The van der Waals surface area contributed by atoms with E-state index in [0.717, 1.165) is 17.1 Å². The molecule has 2 N–H and O–H groups in total. The third-order valence-electron chi connectivity index (χ3n) is 5.80. The Labute approximate surface area is 182 Å². The lowest BCUT2D eigenvalue weighted by atomic mass is 10.1. The van der Waals surface area contributed by atoms with E-state index in [1.54, 1.807) is 17.0 Å². The summed E-state index contributed by atoms with van der Waals surface area (Å²) in [5.41, 5.74) is 0. The number of hydrogen-bond donors (Lipinski definition) is 2. The van der Waals surface area contributed by atoms with Gasteiger partial charge in [-0.05, 0) is 35.7 Å². The highest BCUT2D eigenvalue weighted by Crippen LogP contribution is 2.33. The maximum Gasteiger partial charge on any atom is 0.243 e. The van der Waals surface area contributed by atoms with E-state index in [0.29, 0.717) is 13.0 Å². The number of nitrogens with one attached hydrogen (secondary N) is 1. The van der Waals surface area contributed by atoms with Crippen LogP contribution in [-0.2, 0) is 19.6 Å². The summed E-state index contributed by atoms with van der Waals surface area (Å²) in [5, 5.41) is 12.6. The van der Waals surface area contributed by atoms with Gasteiger partial charge in [0.25, 0.3) is 0 Å². The smallest absolute Gasteiger partial charge is 0.243 e. The normalized spacial score (nSPS) is 22.0. The highest BCUT2D eigenvalue weighted by molar-refractivity contribution is 7.89. The number of sulfonamides is 1. The largest absolute Gasteiger partial charge is 0.388 e. The molecule has 8 nitrogen and oxygen atoms in total. The average molecular weight is 448 g/mol. The minimum absolute atomic E-state index is 0.0383. The monoisotopic (exact) mass is 447 g/mol. The van der Waals surface area contributed by atoms with Crippen molar-refractivity contribution >= 4 is 33.0 Å². The molecule has 0 saturated carbocycles. The van der Waals surface area contributed by atoms with Crippen molar-refractivity contribution < 1.29 is 23.1 Å². The quantitative estimate of drug-likeness (QED) is 0.447. The van der Waals surface area contributed by atoms with Crippen molar-refractivity contribution in [1.29, 1.82) is 0 Å². The Kier molecular flexibility index (Phi) is 7.10. The summed E-state index contributed by atoms with van der Waals surface area (Å²) in [6.07, 6.45) is 0.803. The Morgan fingerprint density at radius 1 is 1.29 bits per heavy atom. The molecule has 0 spiro atoms. The SMILES string of the molecule is CCCC(=O)N(C)C1(NS(=O)(=O)c2ccc3ccccc3c2)C(O)CCN1CCC=O. The maximum absolute atomic E-state index is 13.4. The van der Waals surface area contributed by atoms with Gasteiger partial charge in [0.15, 0.2) is 5.79 Å². The first-order chi connectivity index (χ1) is 14.8. The molecule has 1 fully saturated rings. The summed E-state index contributed by atoms with van der Waals surface area (Å²) < 4.78 is 29.5. The van der Waals surface area contributed by atoms with Crippen LogP contribution in [0.25, 0.3) is 10.8 Å². The Morgan fingerprint density at radius 2 is 2.00 bits per heavy atom. The van der Waals surface area contributed by atoms with E-state index in [1.807, 2.05) is 31.2 Å². The lowest BCUT2D eigenvalue weighted by molar-refractivity contribution is -0.153. The number of aliphatic hydroxyl groups is 1. The minimum atomic E-state index is -4.11. The van der Waals surface area contributed by atoms with Gasteiger partial charge in [-0.15, -0.1) is 0 Å². The van der Waals surface area contributed by atoms with Crippen LogP contribution in [0.15, 0.2) is 47.4 Å². The second kappa shape index (κ2) is 9.44. The zero-order valence-corrected chi connectivity index (χ0v) is 18.6. The number of carbonyl (C=O) groups is 2. The molecule has 2 aromatic rings. The van der Waals surface area contributed by atoms with Gasteiger partial charge in [-0.25, -0.2) is 8.42 Å². The highest BCUT2D eigenvalue weighted by Gasteiger charge is 2.55. The average Bonchev–Trinajstić information content (AvgIpc) is 3.06. The van der Waals surface area contributed by atoms with Gasteiger partial charge >= 0.3 is 0 Å². The third kappa shape index (κ3) is 4.50. The molecule has 2 aromatic carbocycles. The fourth-order valence-corrected chi connectivity index (χ4v) is 5.60. The number of fused-ring (bicyclic) bond motifs is 1. The van der Waals surface area contributed by atoms with Gasteiger partial charge in [0.1, 0.15) is 12.4 Å². The van der Waals surface area contributed by atoms with Gasteiger partial charge in [0, 0.05) is 33.0 Å². The number of amides is 1. The number of likely N-dealkylation sites (tertiary alicyclic amines) is 1. The van der Waals surface area contributed by atoms with E-state index in [1.165, 1.54) is 18.0 Å². The van der Waals surface area contributed by atoms with Crippen LogP contribution in [0.4, 0.5) is 0 Å². The van der Waals surface area contributed by atoms with Crippen molar-refractivity contribution in [2.75, 3.05) is 20.1 Å². The molecule has 1 aliphatic heterocycles.